The molecule has 1 unspecified atom stereocenters. The second-order valence-electron chi connectivity index (χ2n) is 7.88. The molecule has 2 heterocycles. The molecule has 6 nitrogen and oxygen atoms in total. The number of nitrogens with zero attached hydrogens (tertiary/aromatic N) is 2. The Bertz CT molecular complexity index is 1160. The molecular formula is C27H26N2O4. The van der Waals surface area contributed by atoms with Gasteiger partial charge in [0.1, 0.15) is 11.5 Å². The molecule has 1 aromatic heterocycles. The van der Waals surface area contributed by atoms with Gasteiger partial charge >= 0.3 is 0 Å². The van der Waals surface area contributed by atoms with Crippen molar-refractivity contribution in [2.75, 3.05) is 13.2 Å². The zero-order valence-electron chi connectivity index (χ0n) is 18.5. The minimum Gasteiger partial charge on any atom is -0.507 e. The van der Waals surface area contributed by atoms with E-state index in [1.807, 2.05) is 37.3 Å². The molecule has 0 saturated carbocycles. The van der Waals surface area contributed by atoms with Gasteiger partial charge in [0.2, 0.25) is 0 Å². The molecule has 1 N–H and O–H groups in total. The smallest absolute Gasteiger partial charge is 0.295 e. The number of ether oxygens (including phenoxy) is 1. The number of Topliss-reactive ketones (excluding diaryl/α,β-unsaturated/α-hetero) is 1. The lowest BCUT2D eigenvalue weighted by molar-refractivity contribution is -0.139. The zero-order valence-corrected chi connectivity index (χ0v) is 18.5. The van der Waals surface area contributed by atoms with Crippen LogP contribution >= 0.6 is 0 Å². The van der Waals surface area contributed by atoms with Crippen molar-refractivity contribution in [3.8, 4) is 5.75 Å². The van der Waals surface area contributed by atoms with Gasteiger partial charge < -0.3 is 14.7 Å². The summed E-state index contributed by atoms with van der Waals surface area (Å²) in [5.74, 6) is -0.922. The normalized spacial score (nSPS) is 17.4. The quantitative estimate of drug-likeness (QED) is 0.315. The summed E-state index contributed by atoms with van der Waals surface area (Å²) in [6.45, 7) is 2.90. The monoisotopic (exact) mass is 442 g/mol. The van der Waals surface area contributed by atoms with E-state index in [1.54, 1.807) is 48.8 Å². The molecule has 3 aromatic rings. The van der Waals surface area contributed by atoms with Crippen LogP contribution in [0.2, 0.25) is 0 Å². The van der Waals surface area contributed by atoms with Crippen molar-refractivity contribution < 1.29 is 19.4 Å². The molecule has 0 radical (unpaired) electrons. The van der Waals surface area contributed by atoms with Gasteiger partial charge in [0.25, 0.3) is 11.7 Å². The van der Waals surface area contributed by atoms with Gasteiger partial charge in [-0.25, -0.2) is 0 Å². The summed E-state index contributed by atoms with van der Waals surface area (Å²) in [4.78, 5) is 31.8. The average Bonchev–Trinajstić information content (AvgIpc) is 3.12. The van der Waals surface area contributed by atoms with E-state index in [-0.39, 0.29) is 11.3 Å². The molecule has 1 fully saturated rings. The largest absolute Gasteiger partial charge is 0.507 e. The van der Waals surface area contributed by atoms with Crippen LogP contribution in [0.3, 0.4) is 0 Å². The summed E-state index contributed by atoms with van der Waals surface area (Å²) in [6.07, 6.45) is 4.68. The van der Waals surface area contributed by atoms with E-state index < -0.39 is 17.7 Å². The van der Waals surface area contributed by atoms with Gasteiger partial charge in [-0.15, -0.1) is 0 Å². The van der Waals surface area contributed by atoms with Crippen molar-refractivity contribution in [1.29, 1.82) is 0 Å². The van der Waals surface area contributed by atoms with Crippen LogP contribution in [0.5, 0.6) is 5.75 Å². The van der Waals surface area contributed by atoms with Gasteiger partial charge in [-0.1, -0.05) is 49.4 Å². The van der Waals surface area contributed by atoms with Crippen LogP contribution in [0, 0.1) is 0 Å². The lowest BCUT2D eigenvalue weighted by Crippen LogP contribution is -2.31. The van der Waals surface area contributed by atoms with Crippen LogP contribution in [0.25, 0.3) is 5.76 Å². The number of aliphatic hydroxyl groups excluding tert-OH is 1. The third-order valence-electron chi connectivity index (χ3n) is 5.63. The van der Waals surface area contributed by atoms with E-state index >= 15 is 0 Å². The molecule has 33 heavy (non-hydrogen) atoms. The Morgan fingerprint density at radius 3 is 2.52 bits per heavy atom. The number of amides is 1. The predicted octanol–water partition coefficient (Wildman–Crippen LogP) is 4.53. The van der Waals surface area contributed by atoms with Gasteiger partial charge in [-0.3, -0.25) is 14.6 Å². The number of likely N-dealkylation sites (tertiary alicyclic amines) is 1. The Morgan fingerprint density at radius 1 is 1.03 bits per heavy atom. The Labute approximate surface area is 193 Å². The molecule has 1 amide bonds. The van der Waals surface area contributed by atoms with E-state index in [2.05, 4.69) is 4.98 Å². The number of hydrogen-bond donors (Lipinski definition) is 1. The number of aliphatic hydroxyl groups is 1. The molecule has 4 rings (SSSR count). The van der Waals surface area contributed by atoms with Gasteiger partial charge in [0.05, 0.1) is 18.2 Å². The third-order valence-corrected chi connectivity index (χ3v) is 5.63. The molecular weight excluding hydrogens is 416 g/mol. The summed E-state index contributed by atoms with van der Waals surface area (Å²) in [6, 6.07) is 19.6. The third kappa shape index (κ3) is 4.80. The van der Waals surface area contributed by atoms with Gasteiger partial charge in [-0.05, 0) is 48.2 Å². The number of aromatic nitrogens is 1. The van der Waals surface area contributed by atoms with Crippen molar-refractivity contribution in [2.45, 2.75) is 25.8 Å². The number of hydrogen-bond acceptors (Lipinski definition) is 5. The van der Waals surface area contributed by atoms with Crippen molar-refractivity contribution in [2.24, 2.45) is 0 Å². The first-order valence-electron chi connectivity index (χ1n) is 11.1. The van der Waals surface area contributed by atoms with Crippen molar-refractivity contribution in [3.63, 3.8) is 0 Å². The second kappa shape index (κ2) is 10.1. The summed E-state index contributed by atoms with van der Waals surface area (Å²) >= 11 is 0. The van der Waals surface area contributed by atoms with Crippen LogP contribution in [0.1, 0.15) is 36.1 Å². The molecule has 2 aromatic carbocycles. The van der Waals surface area contributed by atoms with Crippen LogP contribution in [0.15, 0.2) is 84.7 Å². The van der Waals surface area contributed by atoms with Crippen LogP contribution in [-0.2, 0) is 16.0 Å². The van der Waals surface area contributed by atoms with Crippen molar-refractivity contribution >= 4 is 17.4 Å². The summed E-state index contributed by atoms with van der Waals surface area (Å²) in [7, 11) is 0. The molecule has 0 spiro atoms. The zero-order chi connectivity index (χ0) is 23.2. The van der Waals surface area contributed by atoms with Gasteiger partial charge in [0, 0.05) is 24.5 Å². The Balaban J connectivity index is 1.74. The molecule has 1 saturated heterocycles. The lowest BCUT2D eigenvalue weighted by atomic mass is 9.95. The van der Waals surface area contributed by atoms with Gasteiger partial charge in [0.15, 0.2) is 0 Å². The molecule has 6 heteroatoms. The molecule has 1 atom stereocenters. The fraction of sp³-hybridized carbons (Fsp3) is 0.222. The van der Waals surface area contributed by atoms with E-state index in [4.69, 9.17) is 4.74 Å². The number of carbonyl (C=O) groups is 2. The number of pyridine rings is 1. The van der Waals surface area contributed by atoms with Crippen molar-refractivity contribution in [1.82, 2.24) is 9.88 Å². The van der Waals surface area contributed by atoms with E-state index in [0.29, 0.717) is 30.9 Å². The minimum absolute atomic E-state index is 0.0758. The van der Waals surface area contributed by atoms with E-state index in [0.717, 1.165) is 17.5 Å². The Morgan fingerprint density at radius 2 is 1.79 bits per heavy atom. The van der Waals surface area contributed by atoms with Gasteiger partial charge in [-0.2, -0.15) is 0 Å². The molecule has 0 bridgehead atoms. The number of rotatable bonds is 8. The topological polar surface area (TPSA) is 79.7 Å². The van der Waals surface area contributed by atoms with Crippen LogP contribution in [0.4, 0.5) is 0 Å². The summed E-state index contributed by atoms with van der Waals surface area (Å²) in [5, 5.41) is 11.2. The summed E-state index contributed by atoms with van der Waals surface area (Å²) in [5.41, 5.74) is 2.29. The average molecular weight is 443 g/mol. The fourth-order valence-corrected chi connectivity index (χ4v) is 4.01. The van der Waals surface area contributed by atoms with Crippen molar-refractivity contribution in [3.05, 3.63) is 101 Å². The number of ketones is 1. The molecule has 168 valence electrons. The molecule has 1 aliphatic heterocycles. The highest BCUT2D eigenvalue weighted by Crippen LogP contribution is 2.39. The van der Waals surface area contributed by atoms with Crippen LogP contribution in [-0.4, -0.2) is 39.8 Å². The SMILES string of the molecule is CCCOc1cccc(C(O)=C2C(=O)C(=O)N(CCc3ccccc3)C2c2ccncc2)c1. The first-order valence-corrected chi connectivity index (χ1v) is 11.1. The highest BCUT2D eigenvalue weighted by atomic mass is 16.5. The lowest BCUT2D eigenvalue weighted by Gasteiger charge is -2.25. The number of carbonyl (C=O) groups excluding carboxylic acids is 2. The first kappa shape index (κ1) is 22.3. The molecule has 0 aliphatic carbocycles. The standard InChI is InChI=1S/C27H26N2O4/c1-2-17-33-22-10-6-9-21(18-22)25(30)23-24(20-11-14-28-15-12-20)29(27(32)26(23)31)16-13-19-7-4-3-5-8-19/h3-12,14-15,18,24,30H,2,13,16-17H2,1H3. The Kier molecular flexibility index (Phi) is 6.83. The summed E-state index contributed by atoms with van der Waals surface area (Å²) < 4.78 is 5.67. The highest BCUT2D eigenvalue weighted by Gasteiger charge is 2.45. The van der Waals surface area contributed by atoms with E-state index in [9.17, 15) is 14.7 Å². The van der Waals surface area contributed by atoms with E-state index in [1.165, 1.54) is 4.90 Å². The number of benzene rings is 2. The maximum absolute atomic E-state index is 13.1. The molecule has 1 aliphatic rings. The Hall–Kier alpha value is -3.93. The van der Waals surface area contributed by atoms with Crippen LogP contribution < -0.4 is 4.74 Å². The second-order valence-corrected chi connectivity index (χ2v) is 7.88. The minimum atomic E-state index is -0.697. The fourth-order valence-electron chi connectivity index (χ4n) is 4.01. The predicted molar refractivity (Wildman–Crippen MR) is 126 cm³/mol. The maximum Gasteiger partial charge on any atom is 0.295 e. The first-order chi connectivity index (χ1) is 16.1. The highest BCUT2D eigenvalue weighted by molar-refractivity contribution is 6.46. The maximum atomic E-state index is 13.1.